The van der Waals surface area contributed by atoms with Crippen molar-refractivity contribution in [2.75, 3.05) is 79.0 Å². The fraction of sp³-hybridized carbons (Fsp3) is 0.394. The summed E-state index contributed by atoms with van der Waals surface area (Å²) < 4.78 is 56.3. The first-order chi connectivity index (χ1) is 56.4. The van der Waals surface area contributed by atoms with Gasteiger partial charge in [0.2, 0.25) is 0 Å². The zero-order chi connectivity index (χ0) is 85.6. The third-order valence-corrected chi connectivity index (χ3v) is 18.7. The number of aliphatic hydroxyl groups excluding tert-OH is 3. The van der Waals surface area contributed by atoms with E-state index >= 15 is 0 Å². The van der Waals surface area contributed by atoms with Crippen molar-refractivity contribution < 1.29 is 99.1 Å². The highest BCUT2D eigenvalue weighted by atomic mass is 35.5. The molecular formula is C94H121BCl3O20P. The Hall–Kier alpha value is -9.25. The number of carbonyl (C=O) groups excluding carboxylic acids is 7. The number of carbonyl (C=O) groups is 7. The van der Waals surface area contributed by atoms with Crippen molar-refractivity contribution in [2.24, 2.45) is 10.8 Å². The molecule has 2 heterocycles. The molecular weight excluding hydrogens is 1600 g/mol. The van der Waals surface area contributed by atoms with Crippen LogP contribution in [0.3, 0.4) is 0 Å². The average molecular weight is 1720 g/mol. The zero-order valence-corrected chi connectivity index (χ0v) is 69.2. The lowest BCUT2D eigenvalue weighted by Crippen LogP contribution is -2.44. The number of hydrogen-bond donors (Lipinski definition) is 4. The van der Waals surface area contributed by atoms with Gasteiger partial charge in [-0.05, 0) is 165 Å². The van der Waals surface area contributed by atoms with Gasteiger partial charge in [0, 0.05) is 73.2 Å². The Bertz CT molecular complexity index is 4750. The van der Waals surface area contributed by atoms with E-state index in [4.69, 9.17) is 81.1 Å². The number of methoxy groups -OCH3 is 1. The lowest BCUT2D eigenvalue weighted by molar-refractivity contribution is -0.168. The SMILES string of the molecule is C.C.C.C.CC(=O)OCC(C)(CO)C(=O)OCc1ccc(CCl)cc1.CC(=O)OCCCO.CC1(C(=O)OCc2ccc(CCl)cc2)COC(=O)OC1.COCCCCc1ccc2ccc3cccc4ccc1c2c34.O=C1OCCCO1.OCCCCc1ccc2ccc3cccc4ccc1c2c34.[3H]C(Cl)C(=O)Cc1ccccc1.[3H]CC.[B]PO. The highest BCUT2D eigenvalue weighted by molar-refractivity contribution is 7.61. The molecule has 0 amide bonds. The number of alkyl halides is 3. The molecule has 4 N–H and O–H groups in total. The molecule has 646 valence electrons. The van der Waals surface area contributed by atoms with Crippen LogP contribution in [0.4, 0.5) is 9.59 Å². The van der Waals surface area contributed by atoms with Gasteiger partial charge in [-0.3, -0.25) is 24.0 Å². The van der Waals surface area contributed by atoms with Crippen LogP contribution in [0.25, 0.3) is 64.6 Å². The van der Waals surface area contributed by atoms with E-state index in [0.717, 1.165) is 72.9 Å². The number of rotatable bonds is 26. The molecule has 0 aromatic heterocycles. The monoisotopic (exact) mass is 1720 g/mol. The molecule has 0 bridgehead atoms. The predicted molar refractivity (Wildman–Crippen MR) is 485 cm³/mol. The maximum absolute atomic E-state index is 12.0. The molecule has 3 atom stereocenters. The number of unbranched alkanes of at least 4 members (excludes halogenated alkanes) is 2. The number of aliphatic hydroxyl groups is 3. The van der Waals surface area contributed by atoms with Crippen LogP contribution in [0.5, 0.6) is 0 Å². The van der Waals surface area contributed by atoms with E-state index < -0.39 is 62.2 Å². The summed E-state index contributed by atoms with van der Waals surface area (Å²) in [6, 6.07) is 64.2. The van der Waals surface area contributed by atoms with E-state index in [0.29, 0.717) is 44.9 Å². The van der Waals surface area contributed by atoms with Crippen LogP contribution in [0.15, 0.2) is 188 Å². The normalized spacial score (nSPS) is 12.9. The minimum atomic E-state index is -1.26. The molecule has 0 saturated carbocycles. The summed E-state index contributed by atoms with van der Waals surface area (Å²) >= 11 is 16.7. The Morgan fingerprint density at radius 1 is 0.521 bits per heavy atom. The molecule has 2 saturated heterocycles. The van der Waals surface area contributed by atoms with Crippen molar-refractivity contribution in [3.05, 3.63) is 227 Å². The van der Waals surface area contributed by atoms with Gasteiger partial charge in [0.05, 0.1) is 33.7 Å². The van der Waals surface area contributed by atoms with Crippen molar-refractivity contribution in [3.8, 4) is 0 Å². The molecule has 0 aliphatic carbocycles. The largest absolute Gasteiger partial charge is 0.508 e. The minimum absolute atomic E-state index is 0. The van der Waals surface area contributed by atoms with Crippen LogP contribution in [0.1, 0.15) is 151 Å². The van der Waals surface area contributed by atoms with Crippen molar-refractivity contribution in [2.45, 2.75) is 154 Å². The lowest BCUT2D eigenvalue weighted by Gasteiger charge is -2.29. The van der Waals surface area contributed by atoms with Gasteiger partial charge >= 0.3 is 36.2 Å². The fourth-order valence-corrected chi connectivity index (χ4v) is 12.1. The number of aryl methyl sites for hydroxylation is 2. The summed E-state index contributed by atoms with van der Waals surface area (Å²) in [6.45, 7) is 10.0. The van der Waals surface area contributed by atoms with Crippen molar-refractivity contribution in [1.82, 2.24) is 0 Å². The summed E-state index contributed by atoms with van der Waals surface area (Å²) in [5.74, 6) is -2.41. The summed E-state index contributed by atoms with van der Waals surface area (Å²) in [6.07, 6.45) is 6.69. The van der Waals surface area contributed by atoms with Gasteiger partial charge in [0.15, 0.2) is 5.78 Å². The summed E-state index contributed by atoms with van der Waals surface area (Å²) in [5.41, 5.74) is 5.19. The first kappa shape index (κ1) is 104. The number of halogens is 3. The van der Waals surface area contributed by atoms with Gasteiger partial charge in [0.25, 0.3) is 0 Å². The Morgan fingerprint density at radius 2 is 0.924 bits per heavy atom. The van der Waals surface area contributed by atoms with Gasteiger partial charge in [-0.15, -0.1) is 34.8 Å². The quantitative estimate of drug-likeness (QED) is 0.00745. The third kappa shape index (κ3) is 35.9. The third-order valence-electron chi connectivity index (χ3n) is 17.9. The number of cyclic esters (lactones) is 4. The second-order valence-corrected chi connectivity index (χ2v) is 27.8. The maximum Gasteiger partial charge on any atom is 0.508 e. The molecule has 2 radical (unpaired) electrons. The van der Waals surface area contributed by atoms with Crippen LogP contribution >= 0.6 is 43.5 Å². The summed E-state index contributed by atoms with van der Waals surface area (Å²) in [5, 5.41) is 42.9. The van der Waals surface area contributed by atoms with E-state index in [9.17, 15) is 38.7 Å². The number of benzene rings is 11. The van der Waals surface area contributed by atoms with Gasteiger partial charge in [-0.1, -0.05) is 232 Å². The molecule has 0 spiro atoms. The number of Topliss-reactive ketones (excluding diaryl/α,β-unsaturated/α-hetero) is 1. The van der Waals surface area contributed by atoms with Gasteiger partial charge in [0.1, 0.15) is 51.4 Å². The van der Waals surface area contributed by atoms with E-state index in [1.807, 2.05) is 78.9 Å². The minimum Gasteiger partial charge on any atom is -0.466 e. The zero-order valence-electron chi connectivity index (χ0n) is 68.0. The number of ether oxygens (including phenoxy) is 9. The molecule has 2 aliphatic rings. The molecule has 119 heavy (non-hydrogen) atoms. The molecule has 20 nitrogen and oxygen atoms in total. The van der Waals surface area contributed by atoms with Crippen molar-refractivity contribution in [1.29, 1.82) is 0 Å². The summed E-state index contributed by atoms with van der Waals surface area (Å²) in [4.78, 5) is 84.0. The Morgan fingerprint density at radius 3 is 1.32 bits per heavy atom. The van der Waals surface area contributed by atoms with Crippen LogP contribution in [-0.4, -0.2) is 149 Å². The Kier molecular flexibility index (Phi) is 51.9. The highest BCUT2D eigenvalue weighted by Crippen LogP contribution is 2.38. The van der Waals surface area contributed by atoms with Crippen LogP contribution in [0, 0.1) is 10.8 Å². The number of ketones is 1. The molecule has 11 aromatic rings. The van der Waals surface area contributed by atoms with E-state index in [-0.39, 0.29) is 94.1 Å². The Balaban J connectivity index is 0.000000713. The van der Waals surface area contributed by atoms with Gasteiger partial charge in [-0.2, -0.15) is 0 Å². The molecule has 3 unspecified atom stereocenters. The molecule has 13 rings (SSSR count). The van der Waals surface area contributed by atoms with Crippen LogP contribution < -0.4 is 0 Å². The van der Waals surface area contributed by atoms with Crippen LogP contribution in [-0.2, 0) is 111 Å². The standard InChI is InChI=1S/C21H20O.C20H18O.C15H19ClO5.C14H15ClO5.C9H9ClO.C5H10O3.C4H6O3.C2H6.4CH4.BH2OP/c1-22-14-3-2-5-15-8-9-18-11-10-16-6-4-7-17-12-13-19(15)21(18)20(16)17;21-13-2-1-4-14-7-8-17-10-9-15-5-3-6-16-11-12-18(14)20(17)19(15)16;1-11(18)21-10-15(2,9-17)14(19)20-8-13-5-3-12(7-16)4-6-13;1-14(8-19-13(17)20-9-14)12(16)18-7-11-4-2-10(6-15)3-5-11;10-7-9(11)6-8-4-2-1-3-5-8;1-5(7)8-4-2-3-6;5-4-6-2-1-3-7-4;1-2;;;;;1-3-2/h4,6-13H,2-3,5,14H2,1H3;3,5-12,21H,1-2,4,13H2;3-6,17H,7-10H2,1-2H3;2-5H,6-9H2,1H3;1-5H,6-7H2;6H,2-4H2,1H3;1-3H2;1-2H3;4*1H4;2-3H/i;;;;7T;;;1T;;;;;. The van der Waals surface area contributed by atoms with Crippen molar-refractivity contribution in [3.63, 3.8) is 0 Å². The fourth-order valence-electron chi connectivity index (χ4n) is 11.7. The van der Waals surface area contributed by atoms with Gasteiger partial charge < -0.3 is 62.8 Å². The van der Waals surface area contributed by atoms with Gasteiger partial charge in [-0.25, -0.2) is 9.59 Å². The lowest BCUT2D eigenvalue weighted by atomic mass is 9.91. The van der Waals surface area contributed by atoms with E-state index in [1.165, 1.54) is 103 Å². The first-order valence-electron chi connectivity index (χ1n) is 38.8. The maximum atomic E-state index is 12.0. The Labute approximate surface area is 723 Å². The van der Waals surface area contributed by atoms with E-state index in [2.05, 4.69) is 131 Å². The summed E-state index contributed by atoms with van der Waals surface area (Å²) in [7, 11) is 5.79. The predicted octanol–water partition coefficient (Wildman–Crippen LogP) is 20.9. The van der Waals surface area contributed by atoms with Crippen LogP contribution in [0.2, 0.25) is 0 Å². The second kappa shape index (κ2) is 59.4. The first-order valence-corrected chi connectivity index (χ1v) is 40.1. The average Bonchev–Trinajstić information content (AvgIpc) is 0.747. The topological polar surface area (TPSA) is 283 Å². The molecule has 2 fully saturated rings. The molecule has 11 aromatic carbocycles. The van der Waals surface area contributed by atoms with E-state index in [1.54, 1.807) is 21.0 Å². The molecule has 2 aliphatic heterocycles. The smallest absolute Gasteiger partial charge is 0.466 e. The second-order valence-electron chi connectivity index (χ2n) is 26.8. The number of hydrogen-bond acceptors (Lipinski definition) is 20. The number of esters is 4. The highest BCUT2D eigenvalue weighted by Gasteiger charge is 2.42. The molecule has 25 heteroatoms. The van der Waals surface area contributed by atoms with Crippen molar-refractivity contribution >= 4 is 158 Å².